The lowest BCUT2D eigenvalue weighted by Crippen LogP contribution is -2.50. The van der Waals surface area contributed by atoms with Crippen LogP contribution in [-0.2, 0) is 52.2 Å². The minimum atomic E-state index is -4.13. The third-order valence-electron chi connectivity index (χ3n) is 12.7. The van der Waals surface area contributed by atoms with Gasteiger partial charge in [0.05, 0.1) is 40.4 Å². The van der Waals surface area contributed by atoms with E-state index in [4.69, 9.17) is 20.9 Å². The molecule has 1 fully saturated rings. The first-order valence-corrected chi connectivity index (χ1v) is 26.8. The van der Waals surface area contributed by atoms with E-state index < -0.39 is 68.8 Å². The van der Waals surface area contributed by atoms with Crippen LogP contribution >= 0.6 is 0 Å². The van der Waals surface area contributed by atoms with Crippen LogP contribution < -0.4 is 29.6 Å². The first kappa shape index (κ1) is 53.1. The maximum Gasteiger partial charge on any atom is 0.264 e. The highest BCUT2D eigenvalue weighted by Crippen LogP contribution is 2.37. The number of rotatable bonds is 18. The third-order valence-corrected chi connectivity index (χ3v) is 16.2. The van der Waals surface area contributed by atoms with Crippen molar-refractivity contribution in [3.63, 3.8) is 0 Å². The van der Waals surface area contributed by atoms with Crippen LogP contribution in [0.1, 0.15) is 61.4 Å². The molecule has 0 bridgehead atoms. The zero-order valence-corrected chi connectivity index (χ0v) is 42.6. The molecule has 18 heteroatoms. The first-order valence-electron chi connectivity index (χ1n) is 23.9. The summed E-state index contributed by atoms with van der Waals surface area (Å²) in [5, 5.41) is 0. The Labute approximate surface area is 427 Å². The molecule has 0 spiro atoms. The Hall–Kier alpha value is -7.70. The van der Waals surface area contributed by atoms with Crippen molar-refractivity contribution >= 4 is 55.1 Å². The molecule has 2 heterocycles. The van der Waals surface area contributed by atoms with Gasteiger partial charge in [0.2, 0.25) is 23.6 Å². The number of hydrogen-bond donors (Lipinski definition) is 2. The molecule has 8 rings (SSSR count). The molecule has 2 aliphatic rings. The highest BCUT2D eigenvalue weighted by molar-refractivity contribution is 7.93. The highest BCUT2D eigenvalue weighted by Gasteiger charge is 2.42. The lowest BCUT2D eigenvalue weighted by molar-refractivity contribution is -0.138. The number of carbonyl (C=O) groups is 4. The maximum absolute atomic E-state index is 13.8. The number of para-hydroxylation sites is 1. The molecule has 3 atom stereocenters. The van der Waals surface area contributed by atoms with Crippen molar-refractivity contribution in [3.8, 4) is 11.5 Å². The fraction of sp³-hybridized carbons (Fsp3) is 0.273. The van der Waals surface area contributed by atoms with Crippen molar-refractivity contribution in [2.75, 3.05) is 34.9 Å². The van der Waals surface area contributed by atoms with Crippen LogP contribution in [0.4, 0.5) is 11.4 Å². The standard InChI is InChI=1S/C28H31N3O5S.C27H29N3O5S/c1-3-36-23-13-15-24(16-14-23)37(34,35)30(22-11-9-20(2)10-12-22)19-27(32)31-25(17-18-26(31)28(29)33)21-7-5-4-6-8-21;1-2-35-24-12-14-25(15-13-24)36(33,34)30(22-10-4-3-5-11-22)19-27(32)29-18-21-9-7-6-8-20(21)16-23(29)17-26(28)31/h4-16,25-26H,3,17-19H2,1-2H3,(H2,29,33);3-15,23H,2,16-19H2,1H3,(H2,28,31). The summed E-state index contributed by atoms with van der Waals surface area (Å²) in [6, 6.07) is 43.1. The minimum Gasteiger partial charge on any atom is -0.494 e. The molecule has 16 nitrogen and oxygen atoms in total. The SMILES string of the molecule is CCOc1ccc(S(=O)(=O)N(CC(=O)N2C(C(N)=O)CCC2c2ccccc2)c2ccc(C)cc2)cc1.CCOc1ccc(S(=O)(=O)N(CC(=O)N2Cc3ccccc3CC2CC(N)=O)c2ccccc2)cc1. The van der Waals surface area contributed by atoms with Crippen molar-refractivity contribution in [1.82, 2.24) is 9.80 Å². The van der Waals surface area contributed by atoms with Gasteiger partial charge in [-0.15, -0.1) is 0 Å². The quantitative estimate of drug-likeness (QED) is 0.0906. The number of sulfonamides is 2. The first-order chi connectivity index (χ1) is 35.0. The second kappa shape index (κ2) is 23.7. The number of ether oxygens (including phenoxy) is 2. The topological polar surface area (TPSA) is 220 Å². The van der Waals surface area contributed by atoms with Gasteiger partial charge in [-0.05, 0) is 130 Å². The van der Waals surface area contributed by atoms with Gasteiger partial charge in [0.25, 0.3) is 20.0 Å². The number of anilines is 2. The lowest BCUT2D eigenvalue weighted by Gasteiger charge is -2.38. The van der Waals surface area contributed by atoms with Crippen molar-refractivity contribution in [1.29, 1.82) is 0 Å². The van der Waals surface area contributed by atoms with Crippen molar-refractivity contribution in [3.05, 3.63) is 180 Å². The molecule has 0 aromatic heterocycles. The molecule has 0 radical (unpaired) electrons. The summed E-state index contributed by atoms with van der Waals surface area (Å²) >= 11 is 0. The summed E-state index contributed by atoms with van der Waals surface area (Å²) in [5.41, 5.74) is 15.7. The Balaban J connectivity index is 0.000000214. The molecule has 73 heavy (non-hydrogen) atoms. The summed E-state index contributed by atoms with van der Waals surface area (Å²) in [4.78, 5) is 54.6. The van der Waals surface area contributed by atoms with E-state index in [1.807, 2.05) is 75.4 Å². The van der Waals surface area contributed by atoms with E-state index >= 15 is 0 Å². The summed E-state index contributed by atoms with van der Waals surface area (Å²) in [5.74, 6) is -0.923. The van der Waals surface area contributed by atoms with E-state index in [1.165, 1.54) is 29.2 Å². The Kier molecular flexibility index (Phi) is 17.2. The number of likely N-dealkylation sites (tertiary alicyclic amines) is 1. The lowest BCUT2D eigenvalue weighted by atomic mass is 9.92. The number of fused-ring (bicyclic) bond motifs is 1. The predicted octanol–water partition coefficient (Wildman–Crippen LogP) is 6.92. The minimum absolute atomic E-state index is 0.00292. The number of aryl methyl sites for hydroxylation is 1. The molecule has 4 amide bonds. The van der Waals surface area contributed by atoms with Gasteiger partial charge in [-0.2, -0.15) is 0 Å². The number of primary amides is 2. The van der Waals surface area contributed by atoms with Crippen LogP contribution in [0.15, 0.2) is 168 Å². The Bertz CT molecular complexity index is 3090. The second-order valence-electron chi connectivity index (χ2n) is 17.5. The van der Waals surface area contributed by atoms with Gasteiger partial charge in [0.15, 0.2) is 0 Å². The summed E-state index contributed by atoms with van der Waals surface area (Å²) in [6.07, 6.45) is 1.44. The largest absolute Gasteiger partial charge is 0.494 e. The average Bonchev–Trinajstić information content (AvgIpc) is 3.85. The van der Waals surface area contributed by atoms with Crippen molar-refractivity contribution in [2.24, 2.45) is 11.5 Å². The van der Waals surface area contributed by atoms with Crippen molar-refractivity contribution in [2.45, 2.75) is 80.9 Å². The number of benzene rings is 6. The van der Waals surface area contributed by atoms with Gasteiger partial charge in [0.1, 0.15) is 30.6 Å². The van der Waals surface area contributed by atoms with Crippen LogP contribution in [0.25, 0.3) is 0 Å². The second-order valence-corrected chi connectivity index (χ2v) is 21.3. The normalized spacial score (nSPS) is 16.3. The fourth-order valence-corrected chi connectivity index (χ4v) is 11.9. The van der Waals surface area contributed by atoms with E-state index in [-0.39, 0.29) is 28.8 Å². The van der Waals surface area contributed by atoms with Gasteiger partial charge in [0, 0.05) is 19.0 Å². The molecule has 3 unspecified atom stereocenters. The van der Waals surface area contributed by atoms with Crippen LogP contribution in [0, 0.1) is 6.92 Å². The molecular weight excluding hydrogens is 969 g/mol. The maximum atomic E-state index is 13.8. The third kappa shape index (κ3) is 12.7. The molecule has 4 N–H and O–H groups in total. The molecule has 6 aromatic rings. The smallest absolute Gasteiger partial charge is 0.264 e. The fourth-order valence-electron chi connectivity index (χ4n) is 9.09. The molecule has 1 saturated heterocycles. The van der Waals surface area contributed by atoms with E-state index in [9.17, 15) is 36.0 Å². The van der Waals surface area contributed by atoms with E-state index in [2.05, 4.69) is 0 Å². The van der Waals surface area contributed by atoms with E-state index in [0.29, 0.717) is 55.4 Å². The Morgan fingerprint density at radius 1 is 0.589 bits per heavy atom. The van der Waals surface area contributed by atoms with Gasteiger partial charge < -0.3 is 30.7 Å². The zero-order chi connectivity index (χ0) is 52.3. The van der Waals surface area contributed by atoms with Crippen LogP contribution in [-0.4, -0.2) is 88.7 Å². The van der Waals surface area contributed by atoms with Crippen LogP contribution in [0.5, 0.6) is 11.5 Å². The van der Waals surface area contributed by atoms with Crippen molar-refractivity contribution < 1.29 is 45.5 Å². The average molecular weight is 1030 g/mol. The summed E-state index contributed by atoms with van der Waals surface area (Å²) in [6.45, 7) is 5.87. The number of hydrogen-bond acceptors (Lipinski definition) is 10. The molecular formula is C55H60N6O10S2. The van der Waals surface area contributed by atoms with E-state index in [1.54, 1.807) is 83.8 Å². The molecule has 2 aliphatic heterocycles. The zero-order valence-electron chi connectivity index (χ0n) is 40.9. The van der Waals surface area contributed by atoms with Crippen LogP contribution in [0.3, 0.4) is 0 Å². The summed E-state index contributed by atoms with van der Waals surface area (Å²) < 4.78 is 68.1. The number of amides is 4. The molecule has 0 saturated carbocycles. The monoisotopic (exact) mass is 1030 g/mol. The number of nitrogens with zero attached hydrogens (tertiary/aromatic N) is 4. The van der Waals surface area contributed by atoms with E-state index in [0.717, 1.165) is 30.9 Å². The van der Waals surface area contributed by atoms with Gasteiger partial charge in [-0.1, -0.05) is 90.5 Å². The van der Waals surface area contributed by atoms with Gasteiger partial charge >= 0.3 is 0 Å². The highest BCUT2D eigenvalue weighted by atomic mass is 32.2. The molecule has 0 aliphatic carbocycles. The molecule has 6 aromatic carbocycles. The van der Waals surface area contributed by atoms with Gasteiger partial charge in [-0.3, -0.25) is 27.8 Å². The number of nitrogens with two attached hydrogens (primary N) is 2. The number of carbonyl (C=O) groups excluding carboxylic acids is 4. The Morgan fingerprint density at radius 2 is 1.07 bits per heavy atom. The predicted molar refractivity (Wildman–Crippen MR) is 278 cm³/mol. The van der Waals surface area contributed by atoms with Gasteiger partial charge in [-0.25, -0.2) is 16.8 Å². The summed E-state index contributed by atoms with van der Waals surface area (Å²) in [7, 11) is -8.21. The Morgan fingerprint density at radius 3 is 1.58 bits per heavy atom. The van der Waals surface area contributed by atoms with Crippen LogP contribution in [0.2, 0.25) is 0 Å². The molecule has 382 valence electrons.